The van der Waals surface area contributed by atoms with Crippen molar-refractivity contribution < 1.29 is 4.79 Å². The first-order valence-electron chi connectivity index (χ1n) is 4.43. The van der Waals surface area contributed by atoms with Gasteiger partial charge in [-0.3, -0.25) is 4.79 Å². The molecule has 0 saturated heterocycles. The zero-order valence-corrected chi connectivity index (χ0v) is 8.21. The van der Waals surface area contributed by atoms with E-state index >= 15 is 0 Å². The van der Waals surface area contributed by atoms with Gasteiger partial charge < -0.3 is 0 Å². The molecule has 0 saturated carbocycles. The Balaban J connectivity index is 2.67. The maximum absolute atomic E-state index is 11.4. The highest BCUT2D eigenvalue weighted by Gasteiger charge is 1.98. The van der Waals surface area contributed by atoms with E-state index in [2.05, 4.69) is 18.4 Å². The monoisotopic (exact) mass is 184 g/mol. The van der Waals surface area contributed by atoms with E-state index in [4.69, 9.17) is 0 Å². The molecule has 0 aliphatic carbocycles. The molecule has 0 aliphatic heterocycles. The summed E-state index contributed by atoms with van der Waals surface area (Å²) >= 11 is 0. The summed E-state index contributed by atoms with van der Waals surface area (Å²) in [7, 11) is 0. The van der Waals surface area contributed by atoms with Gasteiger partial charge in [-0.2, -0.15) is 0 Å². The molecule has 0 unspecified atom stereocenters. The van der Waals surface area contributed by atoms with Crippen molar-refractivity contribution in [2.75, 3.05) is 0 Å². The highest BCUT2D eigenvalue weighted by molar-refractivity contribution is 6.08. The second kappa shape index (κ2) is 5.04. The first-order valence-corrected chi connectivity index (χ1v) is 4.43. The largest absolute Gasteiger partial charge is 0.279 e. The van der Waals surface area contributed by atoms with E-state index in [1.165, 1.54) is 0 Å². The van der Waals surface area contributed by atoms with Crippen LogP contribution in [0.3, 0.4) is 0 Å². The van der Waals surface area contributed by atoms with Gasteiger partial charge in [0, 0.05) is 12.0 Å². The molecule has 1 aromatic rings. The SMILES string of the molecule is C=C(C)CC#CC(=O)c1ccccc1. The predicted octanol–water partition coefficient (Wildman–Crippen LogP) is 2.84. The molecule has 0 fully saturated rings. The number of carbonyl (C=O) groups is 1. The van der Waals surface area contributed by atoms with Gasteiger partial charge in [-0.15, -0.1) is 0 Å². The third kappa shape index (κ3) is 3.28. The minimum atomic E-state index is -0.133. The number of benzene rings is 1. The summed E-state index contributed by atoms with van der Waals surface area (Å²) in [5.74, 6) is 5.23. The van der Waals surface area contributed by atoms with Crippen molar-refractivity contribution in [2.24, 2.45) is 0 Å². The van der Waals surface area contributed by atoms with Crippen LogP contribution in [0.4, 0.5) is 0 Å². The number of carbonyl (C=O) groups excluding carboxylic acids is 1. The fraction of sp³-hybridized carbons (Fsp3) is 0.154. The van der Waals surface area contributed by atoms with Crippen LogP contribution in [-0.4, -0.2) is 5.78 Å². The molecule has 1 nitrogen and oxygen atoms in total. The minimum Gasteiger partial charge on any atom is -0.279 e. The lowest BCUT2D eigenvalue weighted by Crippen LogP contribution is -1.93. The molecule has 1 heteroatoms. The van der Waals surface area contributed by atoms with Gasteiger partial charge in [0.1, 0.15) is 0 Å². The van der Waals surface area contributed by atoms with Gasteiger partial charge in [0.15, 0.2) is 0 Å². The van der Waals surface area contributed by atoms with Crippen molar-refractivity contribution in [2.45, 2.75) is 13.3 Å². The molecule has 0 aliphatic rings. The van der Waals surface area contributed by atoms with Gasteiger partial charge in [0.2, 0.25) is 5.78 Å². The Labute approximate surface area is 84.5 Å². The summed E-state index contributed by atoms with van der Waals surface area (Å²) in [6.45, 7) is 5.60. The number of allylic oxidation sites excluding steroid dienone is 1. The Morgan fingerprint density at radius 1 is 1.36 bits per heavy atom. The first kappa shape index (κ1) is 10.3. The molecule has 0 amide bonds. The maximum atomic E-state index is 11.4. The first-order chi connectivity index (χ1) is 6.70. The third-order valence-electron chi connectivity index (χ3n) is 1.63. The highest BCUT2D eigenvalue weighted by Crippen LogP contribution is 1.99. The molecule has 0 spiro atoms. The van der Waals surface area contributed by atoms with Crippen molar-refractivity contribution >= 4 is 5.78 Å². The van der Waals surface area contributed by atoms with E-state index in [0.29, 0.717) is 12.0 Å². The van der Waals surface area contributed by atoms with E-state index in [1.54, 1.807) is 12.1 Å². The van der Waals surface area contributed by atoms with Crippen LogP contribution in [0.5, 0.6) is 0 Å². The quantitative estimate of drug-likeness (QED) is 0.299. The van der Waals surface area contributed by atoms with Crippen LogP contribution in [0, 0.1) is 11.8 Å². The Kier molecular flexibility index (Phi) is 3.69. The van der Waals surface area contributed by atoms with Crippen LogP contribution >= 0.6 is 0 Å². The van der Waals surface area contributed by atoms with Crippen LogP contribution in [-0.2, 0) is 0 Å². The molecule has 1 aromatic carbocycles. The zero-order valence-electron chi connectivity index (χ0n) is 8.21. The molecule has 0 N–H and O–H groups in total. The average molecular weight is 184 g/mol. The molecule has 14 heavy (non-hydrogen) atoms. The van der Waals surface area contributed by atoms with Gasteiger partial charge in [-0.25, -0.2) is 0 Å². The van der Waals surface area contributed by atoms with Crippen LogP contribution in [0.25, 0.3) is 0 Å². The van der Waals surface area contributed by atoms with Crippen molar-refractivity contribution in [3.63, 3.8) is 0 Å². The van der Waals surface area contributed by atoms with Crippen molar-refractivity contribution in [1.82, 2.24) is 0 Å². The number of rotatable bonds is 2. The molecule has 0 heterocycles. The molecule has 0 bridgehead atoms. The van der Waals surface area contributed by atoms with Crippen molar-refractivity contribution in [1.29, 1.82) is 0 Å². The molecule has 0 atom stereocenters. The number of hydrogen-bond acceptors (Lipinski definition) is 1. The number of ketones is 1. The standard InChI is InChI=1S/C13H12O/c1-11(2)7-6-10-13(14)12-8-4-3-5-9-12/h3-5,8-9H,1,7H2,2H3. The summed E-state index contributed by atoms with van der Waals surface area (Å²) in [5, 5.41) is 0. The highest BCUT2D eigenvalue weighted by atomic mass is 16.1. The summed E-state index contributed by atoms with van der Waals surface area (Å²) < 4.78 is 0. The lowest BCUT2D eigenvalue weighted by molar-refractivity contribution is 0.105. The molecular weight excluding hydrogens is 172 g/mol. The number of hydrogen-bond donors (Lipinski definition) is 0. The molecule has 70 valence electrons. The lowest BCUT2D eigenvalue weighted by Gasteiger charge is -1.90. The van der Waals surface area contributed by atoms with Gasteiger partial charge in [-0.1, -0.05) is 48.4 Å². The minimum absolute atomic E-state index is 0.133. The molecule has 0 radical (unpaired) electrons. The lowest BCUT2D eigenvalue weighted by atomic mass is 10.1. The second-order valence-electron chi connectivity index (χ2n) is 3.13. The smallest absolute Gasteiger partial charge is 0.235 e. The number of Topliss-reactive ketones (excluding diaryl/α,β-unsaturated/α-hetero) is 1. The summed E-state index contributed by atoms with van der Waals surface area (Å²) in [6.07, 6.45) is 0.582. The van der Waals surface area contributed by atoms with E-state index < -0.39 is 0 Å². The van der Waals surface area contributed by atoms with Crippen LogP contribution in [0.2, 0.25) is 0 Å². The molecule has 0 aromatic heterocycles. The van der Waals surface area contributed by atoms with Gasteiger partial charge in [0.05, 0.1) is 0 Å². The van der Waals surface area contributed by atoms with Crippen LogP contribution in [0.15, 0.2) is 42.5 Å². The van der Waals surface area contributed by atoms with Gasteiger partial charge in [0.25, 0.3) is 0 Å². The Bertz CT molecular complexity index is 390. The van der Waals surface area contributed by atoms with Crippen molar-refractivity contribution in [3.8, 4) is 11.8 Å². The molecule has 1 rings (SSSR count). The summed E-state index contributed by atoms with van der Waals surface area (Å²) in [5.41, 5.74) is 1.61. The van der Waals surface area contributed by atoms with Crippen molar-refractivity contribution in [3.05, 3.63) is 48.0 Å². The summed E-state index contributed by atoms with van der Waals surface area (Å²) in [4.78, 5) is 11.4. The average Bonchev–Trinajstić information content (AvgIpc) is 2.18. The van der Waals surface area contributed by atoms with Gasteiger partial charge in [-0.05, 0) is 12.8 Å². The van der Waals surface area contributed by atoms with E-state index in [0.717, 1.165) is 5.57 Å². The van der Waals surface area contributed by atoms with Crippen LogP contribution in [0.1, 0.15) is 23.7 Å². The third-order valence-corrected chi connectivity index (χ3v) is 1.63. The fourth-order valence-electron chi connectivity index (χ4n) is 0.937. The summed E-state index contributed by atoms with van der Waals surface area (Å²) in [6, 6.07) is 9.05. The Morgan fingerprint density at radius 3 is 2.57 bits per heavy atom. The Morgan fingerprint density at radius 2 is 2.00 bits per heavy atom. The fourth-order valence-corrected chi connectivity index (χ4v) is 0.937. The van der Waals surface area contributed by atoms with E-state index in [9.17, 15) is 4.79 Å². The Hall–Kier alpha value is -1.81. The van der Waals surface area contributed by atoms with E-state index in [-0.39, 0.29) is 5.78 Å². The maximum Gasteiger partial charge on any atom is 0.235 e. The van der Waals surface area contributed by atoms with Gasteiger partial charge >= 0.3 is 0 Å². The van der Waals surface area contributed by atoms with E-state index in [1.807, 2.05) is 25.1 Å². The topological polar surface area (TPSA) is 17.1 Å². The predicted molar refractivity (Wildman–Crippen MR) is 58.0 cm³/mol. The second-order valence-corrected chi connectivity index (χ2v) is 3.13. The van der Waals surface area contributed by atoms with Crippen LogP contribution < -0.4 is 0 Å². The normalized spacial score (nSPS) is 8.64. The molecular formula is C13H12O. The zero-order chi connectivity index (χ0) is 10.4.